The van der Waals surface area contributed by atoms with Gasteiger partial charge in [0, 0.05) is 5.03 Å². The Morgan fingerprint density at radius 1 is 1.82 bits per heavy atom. The first-order valence-electron chi connectivity index (χ1n) is 3.58. The van der Waals surface area contributed by atoms with E-state index in [9.17, 15) is 4.39 Å². The Morgan fingerprint density at radius 2 is 2.45 bits per heavy atom. The average molecular weight is 240 g/mol. The summed E-state index contributed by atoms with van der Waals surface area (Å²) in [4.78, 5) is 0. The molecule has 0 aromatic heterocycles. The van der Waals surface area contributed by atoms with Gasteiger partial charge < -0.3 is 0 Å². The first kappa shape index (κ1) is 9.27. The third-order valence-corrected chi connectivity index (χ3v) is 3.38. The van der Waals surface area contributed by atoms with Crippen LogP contribution in [0.25, 0.3) is 0 Å². The molecule has 0 spiro atoms. The van der Waals surface area contributed by atoms with Crippen LogP contribution in [0.4, 0.5) is 4.39 Å². The average Bonchev–Trinajstić information content (AvgIpc) is 2.01. The molecule has 11 heavy (non-hydrogen) atoms. The van der Waals surface area contributed by atoms with Gasteiger partial charge in [0.15, 0.2) is 0 Å². The predicted molar refractivity (Wildman–Crippen MR) is 49.4 cm³/mol. The summed E-state index contributed by atoms with van der Waals surface area (Å²) in [6.45, 7) is 2.05. The minimum atomic E-state index is -0.236. The first-order chi connectivity index (χ1) is 5.16. The number of halogens is 3. The van der Waals surface area contributed by atoms with Crippen LogP contribution < -0.4 is 0 Å². The van der Waals surface area contributed by atoms with Crippen molar-refractivity contribution in [3.8, 4) is 0 Å². The van der Waals surface area contributed by atoms with Crippen molar-refractivity contribution >= 4 is 27.5 Å². The highest BCUT2D eigenvalue weighted by atomic mass is 79.9. The van der Waals surface area contributed by atoms with E-state index < -0.39 is 0 Å². The fraction of sp³-hybridized carbons (Fsp3) is 0.500. The molecule has 0 fully saturated rings. The molecule has 0 radical (unpaired) electrons. The van der Waals surface area contributed by atoms with Crippen molar-refractivity contribution in [1.82, 2.24) is 0 Å². The molecule has 1 atom stereocenters. The maximum atomic E-state index is 12.8. The van der Waals surface area contributed by atoms with Crippen molar-refractivity contribution in [1.29, 1.82) is 0 Å². The minimum absolute atomic E-state index is 0.236. The quantitative estimate of drug-likeness (QED) is 0.646. The molecule has 1 unspecified atom stereocenters. The smallest absolute Gasteiger partial charge is 0.134 e. The molecule has 0 heterocycles. The molecule has 1 aliphatic carbocycles. The van der Waals surface area contributed by atoms with Gasteiger partial charge in [0.05, 0.1) is 4.48 Å². The highest BCUT2D eigenvalue weighted by Crippen LogP contribution is 2.37. The van der Waals surface area contributed by atoms with E-state index in [1.54, 1.807) is 6.08 Å². The van der Waals surface area contributed by atoms with Crippen molar-refractivity contribution in [3.63, 3.8) is 0 Å². The predicted octanol–water partition coefficient (Wildman–Crippen LogP) is 4.12. The Balaban J connectivity index is 2.88. The van der Waals surface area contributed by atoms with Crippen molar-refractivity contribution in [2.45, 2.75) is 19.8 Å². The molecule has 62 valence electrons. The molecular formula is C8H9BrClF. The van der Waals surface area contributed by atoms with Gasteiger partial charge in [0.25, 0.3) is 0 Å². The summed E-state index contributed by atoms with van der Waals surface area (Å²) < 4.78 is 13.2. The standard InChI is InChI=1S/C8H9BrClF/c1-2-5-3-4-6(11)7(9)8(5)10/h4-5H,2-3H2,1H3. The highest BCUT2D eigenvalue weighted by molar-refractivity contribution is 9.12. The van der Waals surface area contributed by atoms with Gasteiger partial charge in [-0.25, -0.2) is 4.39 Å². The largest absolute Gasteiger partial charge is 0.206 e. The summed E-state index contributed by atoms with van der Waals surface area (Å²) in [5, 5.41) is 0.618. The second-order valence-corrected chi connectivity index (χ2v) is 3.76. The van der Waals surface area contributed by atoms with E-state index in [0.717, 1.165) is 12.8 Å². The molecule has 0 aromatic rings. The molecule has 0 N–H and O–H groups in total. The second kappa shape index (κ2) is 3.72. The third kappa shape index (κ3) is 1.85. The zero-order chi connectivity index (χ0) is 8.43. The minimum Gasteiger partial charge on any atom is -0.206 e. The molecule has 0 bridgehead atoms. The SMILES string of the molecule is CCC1CC=C(F)C(Br)=C1Cl. The molecule has 0 aromatic carbocycles. The van der Waals surface area contributed by atoms with Crippen LogP contribution in [0, 0.1) is 5.92 Å². The van der Waals surface area contributed by atoms with Crippen LogP contribution in [0.5, 0.6) is 0 Å². The Hall–Kier alpha value is 0.180. The van der Waals surface area contributed by atoms with Gasteiger partial charge in [-0.1, -0.05) is 18.5 Å². The topological polar surface area (TPSA) is 0 Å². The first-order valence-corrected chi connectivity index (χ1v) is 4.75. The Morgan fingerprint density at radius 3 is 3.00 bits per heavy atom. The van der Waals surface area contributed by atoms with Crippen molar-refractivity contribution < 1.29 is 4.39 Å². The number of allylic oxidation sites excluding steroid dienone is 4. The second-order valence-electron chi connectivity index (χ2n) is 2.55. The number of hydrogen-bond acceptors (Lipinski definition) is 0. The van der Waals surface area contributed by atoms with Crippen molar-refractivity contribution in [3.05, 3.63) is 21.4 Å². The normalized spacial score (nSPS) is 25.5. The van der Waals surface area contributed by atoms with E-state index in [2.05, 4.69) is 15.9 Å². The molecule has 1 rings (SSSR count). The van der Waals surface area contributed by atoms with Gasteiger partial charge in [0.1, 0.15) is 5.83 Å². The lowest BCUT2D eigenvalue weighted by molar-refractivity contribution is 0.576. The van der Waals surface area contributed by atoms with Crippen LogP contribution in [-0.2, 0) is 0 Å². The van der Waals surface area contributed by atoms with E-state index in [1.807, 2.05) is 6.92 Å². The summed E-state index contributed by atoms with van der Waals surface area (Å²) in [6, 6.07) is 0. The molecule has 3 heteroatoms. The van der Waals surface area contributed by atoms with Crippen molar-refractivity contribution in [2.75, 3.05) is 0 Å². The van der Waals surface area contributed by atoms with Gasteiger partial charge in [0.2, 0.25) is 0 Å². The number of hydrogen-bond donors (Lipinski definition) is 0. The lowest BCUT2D eigenvalue weighted by atomic mass is 9.97. The maximum absolute atomic E-state index is 12.8. The summed E-state index contributed by atoms with van der Waals surface area (Å²) >= 11 is 8.98. The monoisotopic (exact) mass is 238 g/mol. The lowest BCUT2D eigenvalue weighted by Crippen LogP contribution is -2.03. The molecule has 0 saturated carbocycles. The van der Waals surface area contributed by atoms with Gasteiger partial charge in [-0.2, -0.15) is 0 Å². The molecule has 0 amide bonds. The zero-order valence-corrected chi connectivity index (χ0v) is 8.54. The van der Waals surface area contributed by atoms with Crippen LogP contribution in [0.15, 0.2) is 21.4 Å². The Kier molecular flexibility index (Phi) is 3.14. The van der Waals surface area contributed by atoms with Gasteiger partial charge in [-0.3, -0.25) is 0 Å². The van der Waals surface area contributed by atoms with Gasteiger partial charge >= 0.3 is 0 Å². The van der Waals surface area contributed by atoms with Crippen LogP contribution in [-0.4, -0.2) is 0 Å². The van der Waals surface area contributed by atoms with E-state index in [0.29, 0.717) is 15.4 Å². The van der Waals surface area contributed by atoms with Crippen LogP contribution >= 0.6 is 27.5 Å². The molecular weight excluding hydrogens is 230 g/mol. The Bertz CT molecular complexity index is 220. The van der Waals surface area contributed by atoms with Gasteiger partial charge in [-0.15, -0.1) is 0 Å². The molecule has 0 saturated heterocycles. The summed E-state index contributed by atoms with van der Waals surface area (Å²) in [6.07, 6.45) is 3.25. The third-order valence-electron chi connectivity index (χ3n) is 1.85. The van der Waals surface area contributed by atoms with Crippen LogP contribution in [0.3, 0.4) is 0 Å². The van der Waals surface area contributed by atoms with Gasteiger partial charge in [-0.05, 0) is 40.8 Å². The number of rotatable bonds is 1. The molecule has 1 aliphatic rings. The lowest BCUT2D eigenvalue weighted by Gasteiger charge is -2.17. The fourth-order valence-corrected chi connectivity index (χ4v) is 1.90. The van der Waals surface area contributed by atoms with Crippen LogP contribution in [0.1, 0.15) is 19.8 Å². The summed E-state index contributed by atoms with van der Waals surface area (Å²) in [5.74, 6) is 0.0604. The summed E-state index contributed by atoms with van der Waals surface area (Å²) in [5.41, 5.74) is 0. The summed E-state index contributed by atoms with van der Waals surface area (Å²) in [7, 11) is 0. The highest BCUT2D eigenvalue weighted by Gasteiger charge is 2.20. The van der Waals surface area contributed by atoms with E-state index >= 15 is 0 Å². The van der Waals surface area contributed by atoms with Crippen molar-refractivity contribution in [2.24, 2.45) is 5.92 Å². The van der Waals surface area contributed by atoms with E-state index in [-0.39, 0.29) is 5.83 Å². The molecule has 0 aliphatic heterocycles. The van der Waals surface area contributed by atoms with E-state index in [1.165, 1.54) is 0 Å². The van der Waals surface area contributed by atoms with E-state index in [4.69, 9.17) is 11.6 Å². The molecule has 0 nitrogen and oxygen atoms in total. The fourth-order valence-electron chi connectivity index (χ4n) is 1.08. The van der Waals surface area contributed by atoms with Crippen LogP contribution in [0.2, 0.25) is 0 Å². The maximum Gasteiger partial charge on any atom is 0.134 e. The Labute approximate surface area is 79.2 Å². The zero-order valence-electron chi connectivity index (χ0n) is 6.20.